The van der Waals surface area contributed by atoms with Gasteiger partial charge in [-0.05, 0) is 51.7 Å². The van der Waals surface area contributed by atoms with Crippen molar-refractivity contribution < 1.29 is 12.6 Å². The lowest BCUT2D eigenvalue weighted by atomic mass is 10.0. The highest BCUT2D eigenvalue weighted by Crippen LogP contribution is 2.22. The summed E-state index contributed by atoms with van der Waals surface area (Å²) in [5, 5.41) is 0. The lowest BCUT2D eigenvalue weighted by Gasteiger charge is -2.13. The highest BCUT2D eigenvalue weighted by Gasteiger charge is 2.20. The summed E-state index contributed by atoms with van der Waals surface area (Å²) in [4.78, 5) is 0.275. The number of terminal acetylenes is 1. The van der Waals surface area contributed by atoms with E-state index < -0.39 is 10.1 Å². The number of rotatable bonds is 7. The van der Waals surface area contributed by atoms with Gasteiger partial charge in [-0.1, -0.05) is 17.7 Å². The number of aryl methyl sites for hydroxylation is 2. The van der Waals surface area contributed by atoms with E-state index in [1.165, 1.54) is 0 Å². The number of hydrogen-bond donors (Lipinski definition) is 0. The summed E-state index contributed by atoms with van der Waals surface area (Å²) in [5.41, 5.74) is 1.85. The molecule has 0 aromatic heterocycles. The maximum Gasteiger partial charge on any atom is 0.297 e. The molecule has 0 unspecified atom stereocenters. The van der Waals surface area contributed by atoms with Crippen LogP contribution in [0.4, 0.5) is 0 Å². The van der Waals surface area contributed by atoms with Crippen molar-refractivity contribution in [1.29, 1.82) is 0 Å². The zero-order valence-corrected chi connectivity index (χ0v) is 13.2. The Labute approximate surface area is 122 Å². The zero-order chi connectivity index (χ0) is 15.2. The molecule has 0 saturated heterocycles. The number of unbranched alkanes of at least 4 members (excludes halogenated alkanes) is 2. The van der Waals surface area contributed by atoms with Gasteiger partial charge in [-0.2, -0.15) is 8.42 Å². The average Bonchev–Trinajstić information content (AvgIpc) is 2.33. The molecule has 0 N–H and O–H groups in total. The van der Waals surface area contributed by atoms with E-state index in [1.807, 2.05) is 13.0 Å². The lowest BCUT2D eigenvalue weighted by Crippen LogP contribution is -2.14. The number of benzene rings is 1. The Morgan fingerprint density at radius 3 is 2.60 bits per heavy atom. The van der Waals surface area contributed by atoms with E-state index in [1.54, 1.807) is 26.0 Å². The van der Waals surface area contributed by atoms with Crippen LogP contribution >= 0.6 is 0 Å². The van der Waals surface area contributed by atoms with Crippen LogP contribution in [0.1, 0.15) is 44.2 Å². The van der Waals surface area contributed by atoms with Gasteiger partial charge in [0.05, 0.1) is 11.0 Å². The third-order valence-corrected chi connectivity index (χ3v) is 4.40. The van der Waals surface area contributed by atoms with Gasteiger partial charge < -0.3 is 0 Å². The minimum absolute atomic E-state index is 0.275. The topological polar surface area (TPSA) is 43.4 Å². The van der Waals surface area contributed by atoms with Crippen LogP contribution < -0.4 is 0 Å². The summed E-state index contributed by atoms with van der Waals surface area (Å²) in [5.74, 6) is 2.59. The highest BCUT2D eigenvalue weighted by atomic mass is 32.2. The first-order chi connectivity index (χ1) is 9.36. The molecule has 0 saturated carbocycles. The van der Waals surface area contributed by atoms with E-state index in [9.17, 15) is 8.42 Å². The summed E-state index contributed by atoms with van der Waals surface area (Å²) < 4.78 is 29.5. The molecule has 0 fully saturated rings. The third kappa shape index (κ3) is 4.99. The van der Waals surface area contributed by atoms with Crippen molar-refractivity contribution in [2.45, 2.75) is 57.5 Å². The molecule has 0 amide bonds. The third-order valence-electron chi connectivity index (χ3n) is 2.82. The van der Waals surface area contributed by atoms with E-state index in [-0.39, 0.29) is 11.0 Å². The molecule has 0 aliphatic heterocycles. The van der Waals surface area contributed by atoms with Crippen molar-refractivity contribution in [3.8, 4) is 12.3 Å². The van der Waals surface area contributed by atoms with Crippen molar-refractivity contribution in [1.82, 2.24) is 0 Å². The Morgan fingerprint density at radius 2 is 2.00 bits per heavy atom. The van der Waals surface area contributed by atoms with Gasteiger partial charge in [0, 0.05) is 6.42 Å². The van der Waals surface area contributed by atoms with Crippen LogP contribution in [0.5, 0.6) is 0 Å². The van der Waals surface area contributed by atoms with E-state index in [4.69, 9.17) is 10.6 Å². The van der Waals surface area contributed by atoms with Gasteiger partial charge in [-0.3, -0.25) is 4.18 Å². The number of hydrogen-bond acceptors (Lipinski definition) is 3. The van der Waals surface area contributed by atoms with Gasteiger partial charge in [0.1, 0.15) is 0 Å². The van der Waals surface area contributed by atoms with E-state index >= 15 is 0 Å². The fraction of sp³-hybridized carbons (Fsp3) is 0.500. The van der Waals surface area contributed by atoms with Gasteiger partial charge in [-0.15, -0.1) is 12.3 Å². The van der Waals surface area contributed by atoms with Gasteiger partial charge in [0.15, 0.2) is 0 Å². The Hall–Kier alpha value is -1.31. The monoisotopic (exact) mass is 294 g/mol. The first kappa shape index (κ1) is 16.7. The summed E-state index contributed by atoms with van der Waals surface area (Å²) in [7, 11) is -3.69. The molecule has 3 nitrogen and oxygen atoms in total. The SMILES string of the molecule is C#CCCCCc1cc(C)ccc1S(=O)(=O)OC(C)C. The molecule has 4 heteroatoms. The molecule has 0 aliphatic rings. The largest absolute Gasteiger partial charge is 0.297 e. The quantitative estimate of drug-likeness (QED) is 0.439. The molecule has 1 aromatic rings. The van der Waals surface area contributed by atoms with Gasteiger partial charge in [0.2, 0.25) is 0 Å². The first-order valence-corrected chi connectivity index (χ1v) is 8.24. The molecule has 0 spiro atoms. The average molecular weight is 294 g/mol. The first-order valence-electron chi connectivity index (χ1n) is 6.83. The van der Waals surface area contributed by atoms with E-state index in [2.05, 4.69) is 5.92 Å². The molecule has 0 aliphatic carbocycles. The van der Waals surface area contributed by atoms with Gasteiger partial charge >= 0.3 is 0 Å². The molecule has 1 aromatic carbocycles. The van der Waals surface area contributed by atoms with Crippen LogP contribution in [-0.4, -0.2) is 14.5 Å². The van der Waals surface area contributed by atoms with Crippen LogP contribution in [-0.2, 0) is 20.7 Å². The van der Waals surface area contributed by atoms with Crippen molar-refractivity contribution in [2.24, 2.45) is 0 Å². The predicted molar refractivity (Wildman–Crippen MR) is 81.0 cm³/mol. The van der Waals surface area contributed by atoms with Gasteiger partial charge in [-0.25, -0.2) is 0 Å². The summed E-state index contributed by atoms with van der Waals surface area (Å²) in [6.45, 7) is 5.36. The fourth-order valence-electron chi connectivity index (χ4n) is 2.00. The maximum absolute atomic E-state index is 12.2. The standard InChI is InChI=1S/C16H22O3S/c1-5-6-7-8-9-15-12-14(4)10-11-16(15)20(17,18)19-13(2)3/h1,10-13H,6-9H2,2-4H3. The Bertz CT molecular complexity index is 580. The molecular formula is C16H22O3S. The Balaban J connectivity index is 2.98. The van der Waals surface area contributed by atoms with E-state index in [0.717, 1.165) is 30.4 Å². The molecule has 0 bridgehead atoms. The normalized spacial score (nSPS) is 11.6. The molecule has 0 radical (unpaired) electrons. The second-order valence-electron chi connectivity index (χ2n) is 5.12. The smallest absolute Gasteiger partial charge is 0.264 e. The van der Waals surface area contributed by atoms with Gasteiger partial charge in [0.25, 0.3) is 10.1 Å². The molecule has 20 heavy (non-hydrogen) atoms. The highest BCUT2D eigenvalue weighted by molar-refractivity contribution is 7.86. The van der Waals surface area contributed by atoms with Crippen molar-refractivity contribution in [3.63, 3.8) is 0 Å². The van der Waals surface area contributed by atoms with E-state index in [0.29, 0.717) is 6.42 Å². The maximum atomic E-state index is 12.2. The molecule has 0 atom stereocenters. The Morgan fingerprint density at radius 1 is 1.30 bits per heavy atom. The summed E-state index contributed by atoms with van der Waals surface area (Å²) in [6, 6.07) is 5.33. The zero-order valence-electron chi connectivity index (χ0n) is 12.3. The van der Waals surface area contributed by atoms with Crippen LogP contribution in [0.3, 0.4) is 0 Å². The van der Waals surface area contributed by atoms with Crippen molar-refractivity contribution in [3.05, 3.63) is 29.3 Å². The van der Waals surface area contributed by atoms with Crippen LogP contribution in [0.2, 0.25) is 0 Å². The minimum atomic E-state index is -3.69. The minimum Gasteiger partial charge on any atom is -0.264 e. The second kappa shape index (κ2) is 7.47. The molecular weight excluding hydrogens is 272 g/mol. The van der Waals surface area contributed by atoms with Crippen LogP contribution in [0.25, 0.3) is 0 Å². The Kier molecular flexibility index (Phi) is 6.25. The predicted octanol–water partition coefficient (Wildman–Crippen LogP) is 3.45. The van der Waals surface area contributed by atoms with Crippen molar-refractivity contribution >= 4 is 10.1 Å². The molecule has 110 valence electrons. The van der Waals surface area contributed by atoms with Crippen LogP contribution in [0, 0.1) is 19.3 Å². The molecule has 1 rings (SSSR count). The van der Waals surface area contributed by atoms with Crippen LogP contribution in [0.15, 0.2) is 23.1 Å². The van der Waals surface area contributed by atoms with Crippen molar-refractivity contribution in [2.75, 3.05) is 0 Å². The molecule has 0 heterocycles. The second-order valence-corrected chi connectivity index (χ2v) is 6.66. The lowest BCUT2D eigenvalue weighted by molar-refractivity contribution is 0.248. The fourth-order valence-corrected chi connectivity index (χ4v) is 3.32. The summed E-state index contributed by atoms with van der Waals surface area (Å²) in [6.07, 6.45) is 8.04. The summed E-state index contributed by atoms with van der Waals surface area (Å²) >= 11 is 0.